The van der Waals surface area contributed by atoms with Crippen LogP contribution in [-0.4, -0.2) is 31.5 Å². The van der Waals surface area contributed by atoms with E-state index >= 15 is 0 Å². The van der Waals surface area contributed by atoms with E-state index in [2.05, 4.69) is 13.8 Å². The molecule has 5 nitrogen and oxygen atoms in total. The van der Waals surface area contributed by atoms with Crippen LogP contribution in [0, 0.1) is 0 Å². The molecule has 0 aliphatic rings. The second-order valence-electron chi connectivity index (χ2n) is 9.03. The molecule has 0 aliphatic carbocycles. The van der Waals surface area contributed by atoms with Crippen molar-refractivity contribution in [3.63, 3.8) is 0 Å². The number of phosphoric ester groups is 1. The van der Waals surface area contributed by atoms with E-state index in [1.165, 1.54) is 103 Å². The van der Waals surface area contributed by atoms with Gasteiger partial charge in [0, 0.05) is 0 Å². The molecule has 0 spiro atoms. The molecule has 0 amide bonds. The molecule has 194 valence electrons. The molecule has 0 fully saturated rings. The van der Waals surface area contributed by atoms with Gasteiger partial charge in [-0.25, -0.2) is 4.57 Å². The molecule has 0 aromatic carbocycles. The zero-order valence-corrected chi connectivity index (χ0v) is 22.4. The molecule has 6 heteroatoms. The molecule has 0 aliphatic heterocycles. The van der Waals surface area contributed by atoms with Crippen LogP contribution >= 0.6 is 7.82 Å². The van der Waals surface area contributed by atoms with Gasteiger partial charge in [-0.05, 0) is 12.8 Å². The highest BCUT2D eigenvalue weighted by molar-refractivity contribution is 7.48. The standard InChI is InChI=1S/C26H55O5P/c1-3-5-7-9-11-13-15-17-19-21-24-29-32(28,31-26-23-27)30-25-22-20-18-16-14-12-10-8-6-4-2/h27H,3-26H2,1-2H3. The highest BCUT2D eigenvalue weighted by Crippen LogP contribution is 2.49. The Morgan fingerprint density at radius 2 is 0.750 bits per heavy atom. The van der Waals surface area contributed by atoms with Crippen LogP contribution in [0.3, 0.4) is 0 Å². The van der Waals surface area contributed by atoms with E-state index < -0.39 is 7.82 Å². The van der Waals surface area contributed by atoms with Crippen LogP contribution in [0.5, 0.6) is 0 Å². The van der Waals surface area contributed by atoms with Crippen molar-refractivity contribution in [2.75, 3.05) is 26.4 Å². The lowest BCUT2D eigenvalue weighted by Crippen LogP contribution is -2.06. The molecule has 0 aromatic heterocycles. The van der Waals surface area contributed by atoms with Crippen LogP contribution in [0.1, 0.15) is 142 Å². The van der Waals surface area contributed by atoms with Crippen molar-refractivity contribution < 1.29 is 23.2 Å². The van der Waals surface area contributed by atoms with E-state index in [9.17, 15) is 4.57 Å². The molecule has 0 rings (SSSR count). The highest BCUT2D eigenvalue weighted by atomic mass is 31.2. The number of unbranched alkanes of at least 4 members (excludes halogenated alkanes) is 18. The molecule has 0 bridgehead atoms. The first-order valence-corrected chi connectivity index (χ1v) is 15.3. The van der Waals surface area contributed by atoms with Crippen molar-refractivity contribution in [3.8, 4) is 0 Å². The van der Waals surface area contributed by atoms with Gasteiger partial charge in [-0.15, -0.1) is 0 Å². The Balaban J connectivity index is 3.70. The Morgan fingerprint density at radius 3 is 1.06 bits per heavy atom. The average molecular weight is 479 g/mol. The highest BCUT2D eigenvalue weighted by Gasteiger charge is 2.26. The largest absolute Gasteiger partial charge is 0.474 e. The van der Waals surface area contributed by atoms with Crippen LogP contribution in [-0.2, 0) is 18.1 Å². The number of phosphoric acid groups is 1. The van der Waals surface area contributed by atoms with Crippen LogP contribution in [0.4, 0.5) is 0 Å². The lowest BCUT2D eigenvalue weighted by molar-refractivity contribution is 0.0936. The first-order valence-electron chi connectivity index (χ1n) is 13.8. The summed E-state index contributed by atoms with van der Waals surface area (Å²) in [5, 5.41) is 8.99. The molecule has 32 heavy (non-hydrogen) atoms. The molecule has 0 radical (unpaired) electrons. The lowest BCUT2D eigenvalue weighted by atomic mass is 10.1. The smallest absolute Gasteiger partial charge is 0.394 e. The lowest BCUT2D eigenvalue weighted by Gasteiger charge is -2.17. The van der Waals surface area contributed by atoms with Crippen molar-refractivity contribution in [1.82, 2.24) is 0 Å². The van der Waals surface area contributed by atoms with Crippen molar-refractivity contribution in [1.29, 1.82) is 0 Å². The monoisotopic (exact) mass is 478 g/mol. The SMILES string of the molecule is CCCCCCCCCCCCOP(=O)(OCCO)OCCCCCCCCCCCC. The van der Waals surface area contributed by atoms with Crippen molar-refractivity contribution in [3.05, 3.63) is 0 Å². The van der Waals surface area contributed by atoms with Gasteiger partial charge >= 0.3 is 7.82 Å². The van der Waals surface area contributed by atoms with Gasteiger partial charge in [0.05, 0.1) is 26.4 Å². The molecular formula is C26H55O5P. The Bertz CT molecular complexity index is 376. The zero-order valence-electron chi connectivity index (χ0n) is 21.5. The summed E-state index contributed by atoms with van der Waals surface area (Å²) in [6, 6.07) is 0. The van der Waals surface area contributed by atoms with Crippen LogP contribution in [0.25, 0.3) is 0 Å². The molecule has 0 unspecified atom stereocenters. The van der Waals surface area contributed by atoms with Crippen molar-refractivity contribution in [2.45, 2.75) is 142 Å². The molecule has 0 heterocycles. The minimum absolute atomic E-state index is 0.0205. The quantitative estimate of drug-likeness (QED) is 0.0942. The fourth-order valence-corrected chi connectivity index (χ4v) is 5.03. The summed E-state index contributed by atoms with van der Waals surface area (Å²) in [5.74, 6) is 0. The molecule has 0 saturated heterocycles. The zero-order chi connectivity index (χ0) is 23.6. The predicted molar refractivity (Wildman–Crippen MR) is 136 cm³/mol. The number of hydrogen-bond acceptors (Lipinski definition) is 5. The fourth-order valence-electron chi connectivity index (χ4n) is 3.80. The Hall–Kier alpha value is 0.0700. The van der Waals surface area contributed by atoms with Gasteiger partial charge in [-0.2, -0.15) is 0 Å². The first-order chi connectivity index (χ1) is 15.7. The fraction of sp³-hybridized carbons (Fsp3) is 1.00. The van der Waals surface area contributed by atoms with Gasteiger partial charge in [0.2, 0.25) is 0 Å². The Morgan fingerprint density at radius 1 is 0.469 bits per heavy atom. The minimum Gasteiger partial charge on any atom is -0.394 e. The predicted octanol–water partition coefficient (Wildman–Crippen LogP) is 8.98. The molecule has 0 aromatic rings. The number of rotatable bonds is 27. The summed E-state index contributed by atoms with van der Waals surface area (Å²) in [6.45, 7) is 5.06. The summed E-state index contributed by atoms with van der Waals surface area (Å²) in [7, 11) is -3.55. The van der Waals surface area contributed by atoms with Crippen LogP contribution in [0.2, 0.25) is 0 Å². The van der Waals surface area contributed by atoms with E-state index in [4.69, 9.17) is 18.7 Å². The molecular weight excluding hydrogens is 423 g/mol. The maximum Gasteiger partial charge on any atom is 0.474 e. The van der Waals surface area contributed by atoms with Gasteiger partial charge in [-0.3, -0.25) is 13.6 Å². The minimum atomic E-state index is -3.55. The topological polar surface area (TPSA) is 65.0 Å². The van der Waals surface area contributed by atoms with E-state index in [-0.39, 0.29) is 13.2 Å². The maximum atomic E-state index is 12.7. The van der Waals surface area contributed by atoms with E-state index in [1.807, 2.05) is 0 Å². The summed E-state index contributed by atoms with van der Waals surface area (Å²) < 4.78 is 28.9. The summed E-state index contributed by atoms with van der Waals surface area (Å²) >= 11 is 0. The summed E-state index contributed by atoms with van der Waals surface area (Å²) in [5.41, 5.74) is 0. The van der Waals surface area contributed by atoms with E-state index in [0.717, 1.165) is 25.7 Å². The third-order valence-electron chi connectivity index (χ3n) is 5.84. The van der Waals surface area contributed by atoms with Gasteiger partial charge in [0.1, 0.15) is 0 Å². The normalized spacial score (nSPS) is 12.0. The van der Waals surface area contributed by atoms with Crippen molar-refractivity contribution in [2.24, 2.45) is 0 Å². The van der Waals surface area contributed by atoms with E-state index in [1.54, 1.807) is 0 Å². The summed E-state index contributed by atoms with van der Waals surface area (Å²) in [4.78, 5) is 0. The Kier molecular flexibility index (Phi) is 25.7. The number of hydrogen-bond donors (Lipinski definition) is 1. The Labute approximate surface area is 200 Å². The van der Waals surface area contributed by atoms with Crippen LogP contribution < -0.4 is 0 Å². The average Bonchev–Trinajstić information content (AvgIpc) is 2.80. The third-order valence-corrected chi connectivity index (χ3v) is 7.33. The summed E-state index contributed by atoms with van der Waals surface area (Å²) in [6.07, 6.45) is 24.9. The second-order valence-corrected chi connectivity index (χ2v) is 10.7. The van der Waals surface area contributed by atoms with Gasteiger partial charge < -0.3 is 5.11 Å². The van der Waals surface area contributed by atoms with E-state index in [0.29, 0.717) is 13.2 Å². The second kappa shape index (κ2) is 25.7. The van der Waals surface area contributed by atoms with Gasteiger partial charge in [-0.1, -0.05) is 129 Å². The van der Waals surface area contributed by atoms with Gasteiger partial charge in [0.25, 0.3) is 0 Å². The molecule has 1 N–H and O–H groups in total. The van der Waals surface area contributed by atoms with Crippen molar-refractivity contribution >= 4 is 7.82 Å². The first kappa shape index (κ1) is 32.1. The maximum absolute atomic E-state index is 12.7. The molecule has 0 saturated carbocycles. The van der Waals surface area contributed by atoms with Crippen LogP contribution in [0.15, 0.2) is 0 Å². The van der Waals surface area contributed by atoms with Gasteiger partial charge in [0.15, 0.2) is 0 Å². The third kappa shape index (κ3) is 23.2. The number of aliphatic hydroxyl groups is 1. The number of aliphatic hydroxyl groups excluding tert-OH is 1. The molecule has 0 atom stereocenters.